The largest absolute Gasteiger partial charge is 0.460 e. The lowest BCUT2D eigenvalue weighted by Crippen LogP contribution is -2.74. The first-order valence-corrected chi connectivity index (χ1v) is 9.68. The summed E-state index contributed by atoms with van der Waals surface area (Å²) in [5.41, 5.74) is 0. The first-order chi connectivity index (χ1) is 13.8. The molecule has 0 aromatic heterocycles. The van der Waals surface area contributed by atoms with Gasteiger partial charge in [0.1, 0.15) is 0 Å². The van der Waals surface area contributed by atoms with Gasteiger partial charge in [-0.3, -0.25) is 0 Å². The third-order valence-corrected chi connectivity index (χ3v) is 5.13. The molecule has 0 unspecified atom stereocenters. The topological polar surface area (TPSA) is 9.23 Å². The average molecular weight is 536 g/mol. The molecule has 0 aliphatic heterocycles. The van der Waals surface area contributed by atoms with Crippen molar-refractivity contribution in [2.24, 2.45) is 0 Å². The summed E-state index contributed by atoms with van der Waals surface area (Å²) in [6.07, 6.45) is -9.86. The van der Waals surface area contributed by atoms with E-state index >= 15 is 0 Å². The van der Waals surface area contributed by atoms with Gasteiger partial charge in [0.25, 0.3) is 0 Å². The molecule has 0 atom stereocenters. The molecular formula is C13H13F17OSi. The number of alkyl halides is 17. The third kappa shape index (κ3) is 4.64. The van der Waals surface area contributed by atoms with Crippen LogP contribution in [-0.2, 0) is 4.43 Å². The van der Waals surface area contributed by atoms with Gasteiger partial charge in [-0.1, -0.05) is 6.92 Å². The highest BCUT2D eigenvalue weighted by Gasteiger charge is 2.95. The Morgan fingerprint density at radius 2 is 0.875 bits per heavy atom. The van der Waals surface area contributed by atoms with E-state index in [2.05, 4.69) is 4.43 Å². The van der Waals surface area contributed by atoms with Crippen molar-refractivity contribution in [3.8, 4) is 0 Å². The molecule has 0 fully saturated rings. The van der Waals surface area contributed by atoms with Crippen molar-refractivity contribution >= 4 is 9.76 Å². The Kier molecular flexibility index (Phi) is 8.69. The maximum Gasteiger partial charge on any atom is 0.460 e. The molecule has 0 saturated heterocycles. The second-order valence-corrected chi connectivity index (χ2v) is 7.89. The Labute approximate surface area is 170 Å². The van der Waals surface area contributed by atoms with Gasteiger partial charge in [-0.2, -0.15) is 74.6 Å². The maximum atomic E-state index is 13.5. The maximum absolute atomic E-state index is 13.5. The fourth-order valence-corrected chi connectivity index (χ4v) is 3.28. The number of hydrogen-bond donors (Lipinski definition) is 0. The van der Waals surface area contributed by atoms with Crippen LogP contribution in [0.3, 0.4) is 0 Å². The van der Waals surface area contributed by atoms with Crippen molar-refractivity contribution in [3.63, 3.8) is 0 Å². The highest BCUT2D eigenvalue weighted by atomic mass is 28.2. The molecule has 0 rings (SSSR count). The van der Waals surface area contributed by atoms with E-state index < -0.39 is 69.9 Å². The van der Waals surface area contributed by atoms with Gasteiger partial charge in [-0.05, 0) is 12.5 Å². The standard InChI is InChI=1S/C13H13F17OSi/c1-2-4-31-32-5-3-6(14,15)7(16,17)8(18,19)9(20,21)10(22,23)11(24,25)12(26,27)13(28,29)30/h2-5,32H2,1H3. The molecule has 19 heteroatoms. The van der Waals surface area contributed by atoms with E-state index in [4.69, 9.17) is 0 Å². The smallest absolute Gasteiger partial charge is 0.424 e. The molecule has 0 aliphatic carbocycles. The Morgan fingerprint density at radius 1 is 0.531 bits per heavy atom. The molecule has 0 radical (unpaired) electrons. The van der Waals surface area contributed by atoms with E-state index in [9.17, 15) is 74.6 Å². The quantitative estimate of drug-likeness (QED) is 0.161. The van der Waals surface area contributed by atoms with Gasteiger partial charge in [-0.15, -0.1) is 0 Å². The SMILES string of the molecule is CCCO[SiH2]CCC(F)(F)C(F)(F)C(F)(F)C(F)(F)C(F)(F)C(F)(F)C(F)(F)C(F)(F)F. The molecule has 0 heterocycles. The summed E-state index contributed by atoms with van der Waals surface area (Å²) in [5.74, 6) is -55.8. The van der Waals surface area contributed by atoms with Crippen LogP contribution in [0.2, 0.25) is 6.04 Å². The number of hydrogen-bond acceptors (Lipinski definition) is 1. The van der Waals surface area contributed by atoms with E-state index in [1.807, 2.05) is 0 Å². The monoisotopic (exact) mass is 536 g/mol. The molecule has 0 aliphatic rings. The van der Waals surface area contributed by atoms with Crippen molar-refractivity contribution in [1.82, 2.24) is 0 Å². The van der Waals surface area contributed by atoms with Gasteiger partial charge in [-0.25, -0.2) is 0 Å². The Hall–Kier alpha value is -1.01. The number of rotatable bonds is 12. The summed E-state index contributed by atoms with van der Waals surface area (Å²) in [7, 11) is -2.14. The molecule has 0 amide bonds. The molecule has 0 saturated carbocycles. The van der Waals surface area contributed by atoms with Crippen molar-refractivity contribution in [3.05, 3.63) is 0 Å². The summed E-state index contributed by atoms with van der Waals surface area (Å²) in [5, 5.41) is 0. The molecular weight excluding hydrogens is 523 g/mol. The van der Waals surface area contributed by atoms with Crippen molar-refractivity contribution in [2.75, 3.05) is 6.61 Å². The fraction of sp³-hybridized carbons (Fsp3) is 1.00. The Bertz CT molecular complexity index is 626. The highest BCUT2D eigenvalue weighted by molar-refractivity contribution is 6.27. The van der Waals surface area contributed by atoms with Crippen molar-refractivity contribution in [1.29, 1.82) is 0 Å². The summed E-state index contributed by atoms with van der Waals surface area (Å²) in [4.78, 5) is 0. The van der Waals surface area contributed by atoms with E-state index in [1.54, 1.807) is 0 Å². The van der Waals surface area contributed by atoms with Crippen LogP contribution in [0.25, 0.3) is 0 Å². The molecule has 1 nitrogen and oxygen atoms in total. The molecule has 194 valence electrons. The molecule has 0 aromatic rings. The van der Waals surface area contributed by atoms with Crippen LogP contribution in [0.5, 0.6) is 0 Å². The number of halogens is 17. The van der Waals surface area contributed by atoms with E-state index in [0.717, 1.165) is 0 Å². The summed E-state index contributed by atoms with van der Waals surface area (Å²) in [6.45, 7) is 1.40. The minimum Gasteiger partial charge on any atom is -0.424 e. The second-order valence-electron chi connectivity index (χ2n) is 6.36. The first-order valence-electron chi connectivity index (χ1n) is 8.10. The van der Waals surface area contributed by atoms with Crippen molar-refractivity contribution < 1.29 is 79.1 Å². The van der Waals surface area contributed by atoms with Crippen molar-refractivity contribution in [2.45, 2.75) is 73.4 Å². The van der Waals surface area contributed by atoms with Crippen LogP contribution < -0.4 is 0 Å². The molecule has 0 spiro atoms. The van der Waals surface area contributed by atoms with Crippen LogP contribution in [0.4, 0.5) is 74.6 Å². The molecule has 32 heavy (non-hydrogen) atoms. The molecule has 0 N–H and O–H groups in total. The zero-order valence-electron chi connectivity index (χ0n) is 15.4. The minimum absolute atomic E-state index is 0.100. The zero-order valence-corrected chi connectivity index (χ0v) is 16.8. The summed E-state index contributed by atoms with van der Waals surface area (Å²) in [6, 6.07) is -1.14. The lowest BCUT2D eigenvalue weighted by Gasteiger charge is -2.42. The normalized spacial score (nSPS) is 16.3. The van der Waals surface area contributed by atoms with Gasteiger partial charge in [0.05, 0.1) is 0 Å². The Morgan fingerprint density at radius 3 is 1.22 bits per heavy atom. The predicted octanol–water partition coefficient (Wildman–Crippen LogP) is 6.31. The van der Waals surface area contributed by atoms with E-state index in [0.29, 0.717) is 0 Å². The van der Waals surface area contributed by atoms with Crippen LogP contribution >= 0.6 is 0 Å². The zero-order chi connectivity index (χ0) is 26.2. The second kappa shape index (κ2) is 8.97. The summed E-state index contributed by atoms with van der Waals surface area (Å²) < 4.78 is 226. The minimum atomic E-state index is -8.58. The van der Waals surface area contributed by atoms with Crippen LogP contribution in [-0.4, -0.2) is 64.0 Å². The Balaban J connectivity index is 6.25. The molecule has 0 bridgehead atoms. The summed E-state index contributed by atoms with van der Waals surface area (Å²) >= 11 is 0. The third-order valence-electron chi connectivity index (χ3n) is 3.91. The first kappa shape index (κ1) is 31.0. The van der Waals surface area contributed by atoms with E-state index in [-0.39, 0.29) is 13.0 Å². The predicted molar refractivity (Wildman–Crippen MR) is 74.9 cm³/mol. The molecule has 0 aromatic carbocycles. The van der Waals surface area contributed by atoms with Gasteiger partial charge in [0, 0.05) is 13.0 Å². The average Bonchev–Trinajstić information content (AvgIpc) is 2.59. The lowest BCUT2D eigenvalue weighted by molar-refractivity contribution is -0.461. The van der Waals surface area contributed by atoms with E-state index in [1.165, 1.54) is 6.92 Å². The van der Waals surface area contributed by atoms with Crippen LogP contribution in [0.15, 0.2) is 0 Å². The van der Waals surface area contributed by atoms with Crippen LogP contribution in [0, 0.1) is 0 Å². The lowest BCUT2D eigenvalue weighted by atomic mass is 9.88. The van der Waals surface area contributed by atoms with Crippen LogP contribution in [0.1, 0.15) is 19.8 Å². The van der Waals surface area contributed by atoms with Gasteiger partial charge in [0.15, 0.2) is 9.76 Å². The highest BCUT2D eigenvalue weighted by Crippen LogP contribution is 2.64. The van der Waals surface area contributed by atoms with Gasteiger partial charge < -0.3 is 4.43 Å². The van der Waals surface area contributed by atoms with Gasteiger partial charge in [0.2, 0.25) is 0 Å². The fourth-order valence-electron chi connectivity index (χ4n) is 2.00. The van der Waals surface area contributed by atoms with Gasteiger partial charge >= 0.3 is 47.6 Å².